The van der Waals surface area contributed by atoms with Crippen molar-refractivity contribution in [3.63, 3.8) is 0 Å². The van der Waals surface area contributed by atoms with Crippen molar-refractivity contribution in [2.75, 3.05) is 39.9 Å². The molecule has 8 heteroatoms. The first kappa shape index (κ1) is 24.3. The molecule has 2 aliphatic rings. The van der Waals surface area contributed by atoms with Crippen LogP contribution in [-0.2, 0) is 24.2 Å². The van der Waals surface area contributed by atoms with E-state index in [1.54, 1.807) is 4.88 Å². The van der Waals surface area contributed by atoms with Gasteiger partial charge in [-0.2, -0.15) is 0 Å². The van der Waals surface area contributed by atoms with E-state index in [1.807, 2.05) is 18.4 Å². The van der Waals surface area contributed by atoms with Gasteiger partial charge in [0.2, 0.25) is 0 Å². The normalized spacial score (nSPS) is 18.9. The van der Waals surface area contributed by atoms with E-state index in [0.29, 0.717) is 13.2 Å². The van der Waals surface area contributed by atoms with Crippen molar-refractivity contribution < 1.29 is 9.47 Å². The Kier molecular flexibility index (Phi) is 9.43. The monoisotopic (exact) mass is 556 g/mol. The molecule has 1 unspecified atom stereocenters. The van der Waals surface area contributed by atoms with Gasteiger partial charge in [0.1, 0.15) is 11.9 Å². The highest BCUT2D eigenvalue weighted by molar-refractivity contribution is 14.0. The first-order valence-corrected chi connectivity index (χ1v) is 11.7. The van der Waals surface area contributed by atoms with Gasteiger partial charge in [-0.1, -0.05) is 12.1 Å². The van der Waals surface area contributed by atoms with Crippen LogP contribution in [0.15, 0.2) is 34.6 Å². The van der Waals surface area contributed by atoms with E-state index in [0.717, 1.165) is 56.5 Å². The van der Waals surface area contributed by atoms with Crippen molar-refractivity contribution in [2.45, 2.75) is 39.0 Å². The molecule has 0 radical (unpaired) electrons. The average molecular weight is 557 g/mol. The Labute approximate surface area is 206 Å². The van der Waals surface area contributed by atoms with Crippen LogP contribution in [0.3, 0.4) is 0 Å². The maximum absolute atomic E-state index is 6.20. The van der Waals surface area contributed by atoms with Crippen molar-refractivity contribution in [3.8, 4) is 5.75 Å². The zero-order valence-corrected chi connectivity index (χ0v) is 21.5. The number of benzene rings is 1. The second-order valence-corrected chi connectivity index (χ2v) is 8.96. The number of hydrogen-bond donors (Lipinski definition) is 2. The van der Waals surface area contributed by atoms with E-state index < -0.39 is 0 Å². The summed E-state index contributed by atoms with van der Waals surface area (Å²) in [6, 6.07) is 8.63. The van der Waals surface area contributed by atoms with Crippen LogP contribution < -0.4 is 15.4 Å². The molecule has 0 saturated carbocycles. The number of aryl methyl sites for hydroxylation is 1. The van der Waals surface area contributed by atoms with Gasteiger partial charge in [0, 0.05) is 56.6 Å². The van der Waals surface area contributed by atoms with Crippen LogP contribution in [0.1, 0.15) is 28.0 Å². The van der Waals surface area contributed by atoms with Crippen LogP contribution in [0.2, 0.25) is 0 Å². The number of nitrogens with zero attached hydrogens (tertiary/aromatic N) is 2. The molecule has 3 heterocycles. The summed E-state index contributed by atoms with van der Waals surface area (Å²) in [5.74, 6) is 1.76. The molecule has 0 spiro atoms. The molecule has 1 saturated heterocycles. The van der Waals surface area contributed by atoms with Crippen LogP contribution in [0, 0.1) is 6.92 Å². The molecule has 1 atom stereocenters. The first-order chi connectivity index (χ1) is 14.7. The summed E-state index contributed by atoms with van der Waals surface area (Å²) in [6.07, 6.45) is 2.27. The Balaban J connectivity index is 0.00000272. The number of thiophene rings is 1. The standard InChI is InChI=1S/C23H32N4O2S.HI/c1-17-3-4-18(21(13-17)29-20-6-11-28-16-20)14-26-23(24-2)25-8-10-27-9-5-22-19(15-27)7-12-30-22;/h3-4,7,12-13,20H,5-6,8-11,14-16H2,1-2H3,(H2,24,25,26);1H. The van der Waals surface area contributed by atoms with Gasteiger partial charge in [-0.05, 0) is 42.0 Å². The smallest absolute Gasteiger partial charge is 0.191 e. The van der Waals surface area contributed by atoms with Crippen LogP contribution >= 0.6 is 35.3 Å². The fourth-order valence-corrected chi connectivity index (χ4v) is 4.82. The lowest BCUT2D eigenvalue weighted by atomic mass is 10.1. The van der Waals surface area contributed by atoms with Gasteiger partial charge >= 0.3 is 0 Å². The Morgan fingerprint density at radius 2 is 2.23 bits per heavy atom. The van der Waals surface area contributed by atoms with Gasteiger partial charge in [-0.25, -0.2) is 0 Å². The van der Waals surface area contributed by atoms with Gasteiger partial charge < -0.3 is 20.1 Å². The highest BCUT2D eigenvalue weighted by Gasteiger charge is 2.19. The zero-order chi connectivity index (χ0) is 20.8. The molecule has 4 rings (SSSR count). The average Bonchev–Trinajstić information content (AvgIpc) is 3.43. The number of aliphatic imine (C=N–C) groups is 1. The third kappa shape index (κ3) is 6.81. The maximum atomic E-state index is 6.20. The van der Waals surface area contributed by atoms with Crippen molar-refractivity contribution >= 4 is 41.3 Å². The molecule has 2 N–H and O–H groups in total. The molecule has 1 fully saturated rings. The summed E-state index contributed by atoms with van der Waals surface area (Å²) in [5.41, 5.74) is 3.83. The number of guanidine groups is 1. The van der Waals surface area contributed by atoms with E-state index >= 15 is 0 Å². The van der Waals surface area contributed by atoms with E-state index in [9.17, 15) is 0 Å². The highest BCUT2D eigenvalue weighted by Crippen LogP contribution is 2.24. The SMILES string of the molecule is CN=C(NCCN1CCc2sccc2C1)NCc1ccc(C)cc1OC1CCOC1.I. The van der Waals surface area contributed by atoms with Gasteiger partial charge in [-0.15, -0.1) is 35.3 Å². The molecular weight excluding hydrogens is 523 g/mol. The van der Waals surface area contributed by atoms with Crippen molar-refractivity contribution in [3.05, 3.63) is 51.2 Å². The minimum atomic E-state index is 0. The molecular formula is C23H33IN4O2S. The molecule has 2 aromatic rings. The number of hydrogen-bond acceptors (Lipinski definition) is 5. The molecule has 31 heavy (non-hydrogen) atoms. The summed E-state index contributed by atoms with van der Waals surface area (Å²) >= 11 is 1.89. The summed E-state index contributed by atoms with van der Waals surface area (Å²) in [5, 5.41) is 9.09. The van der Waals surface area contributed by atoms with Crippen LogP contribution in [0.5, 0.6) is 5.75 Å². The highest BCUT2D eigenvalue weighted by atomic mass is 127. The lowest BCUT2D eigenvalue weighted by molar-refractivity contribution is 0.140. The lowest BCUT2D eigenvalue weighted by Gasteiger charge is -2.27. The molecule has 6 nitrogen and oxygen atoms in total. The van der Waals surface area contributed by atoms with Gasteiger partial charge in [0.15, 0.2) is 5.96 Å². The van der Waals surface area contributed by atoms with E-state index in [4.69, 9.17) is 9.47 Å². The van der Waals surface area contributed by atoms with Crippen molar-refractivity contribution in [1.29, 1.82) is 0 Å². The largest absolute Gasteiger partial charge is 0.488 e. The fourth-order valence-electron chi connectivity index (χ4n) is 3.93. The summed E-state index contributed by atoms with van der Waals surface area (Å²) < 4.78 is 11.7. The summed E-state index contributed by atoms with van der Waals surface area (Å²) in [6.45, 7) is 8.29. The molecule has 0 bridgehead atoms. The topological polar surface area (TPSA) is 58.1 Å². The van der Waals surface area contributed by atoms with Gasteiger partial charge in [-0.3, -0.25) is 9.89 Å². The molecule has 2 aliphatic heterocycles. The number of rotatable bonds is 7. The van der Waals surface area contributed by atoms with Gasteiger partial charge in [0.25, 0.3) is 0 Å². The minimum absolute atomic E-state index is 0. The Morgan fingerprint density at radius 3 is 3.03 bits per heavy atom. The molecule has 170 valence electrons. The second-order valence-electron chi connectivity index (χ2n) is 7.96. The quantitative estimate of drug-likeness (QED) is 0.311. The fraction of sp³-hybridized carbons (Fsp3) is 0.522. The Hall–Kier alpha value is -1.36. The van der Waals surface area contributed by atoms with E-state index in [2.05, 4.69) is 57.1 Å². The third-order valence-electron chi connectivity index (χ3n) is 5.68. The molecule has 1 aromatic heterocycles. The summed E-state index contributed by atoms with van der Waals surface area (Å²) in [7, 11) is 1.82. The molecule has 1 aromatic carbocycles. The Bertz CT molecular complexity index is 867. The second kappa shape index (κ2) is 12.0. The predicted molar refractivity (Wildman–Crippen MR) is 138 cm³/mol. The van der Waals surface area contributed by atoms with Crippen LogP contribution in [0.25, 0.3) is 0 Å². The number of nitrogens with one attached hydrogen (secondary N) is 2. The first-order valence-electron chi connectivity index (χ1n) is 10.8. The maximum Gasteiger partial charge on any atom is 0.191 e. The number of fused-ring (bicyclic) bond motifs is 1. The van der Waals surface area contributed by atoms with Crippen molar-refractivity contribution in [1.82, 2.24) is 15.5 Å². The number of halogens is 1. The van der Waals surface area contributed by atoms with E-state index in [1.165, 1.54) is 17.5 Å². The lowest BCUT2D eigenvalue weighted by Crippen LogP contribution is -2.42. The van der Waals surface area contributed by atoms with Crippen molar-refractivity contribution in [2.24, 2.45) is 4.99 Å². The predicted octanol–water partition coefficient (Wildman–Crippen LogP) is 3.57. The summed E-state index contributed by atoms with van der Waals surface area (Å²) in [4.78, 5) is 8.44. The van der Waals surface area contributed by atoms with Crippen LogP contribution in [0.4, 0.5) is 0 Å². The van der Waals surface area contributed by atoms with Crippen LogP contribution in [-0.4, -0.2) is 56.9 Å². The Morgan fingerprint density at radius 1 is 1.32 bits per heavy atom. The van der Waals surface area contributed by atoms with E-state index in [-0.39, 0.29) is 30.1 Å². The molecule has 0 amide bonds. The zero-order valence-electron chi connectivity index (χ0n) is 18.4. The number of ether oxygens (including phenoxy) is 2. The minimum Gasteiger partial charge on any atom is -0.488 e. The third-order valence-corrected chi connectivity index (χ3v) is 6.70. The molecule has 0 aliphatic carbocycles. The van der Waals surface area contributed by atoms with Gasteiger partial charge in [0.05, 0.1) is 13.2 Å².